The Morgan fingerprint density at radius 3 is 2.91 bits per heavy atom. The van der Waals surface area contributed by atoms with Crippen molar-refractivity contribution in [3.63, 3.8) is 0 Å². The Bertz CT molecular complexity index is 732. The van der Waals surface area contributed by atoms with Gasteiger partial charge in [0.15, 0.2) is 5.82 Å². The van der Waals surface area contributed by atoms with Crippen molar-refractivity contribution in [1.29, 1.82) is 0 Å². The van der Waals surface area contributed by atoms with E-state index in [0.717, 1.165) is 18.2 Å². The smallest absolute Gasteiger partial charge is 0.318 e. The lowest BCUT2D eigenvalue weighted by Gasteiger charge is -2.26. The second-order valence-electron chi connectivity index (χ2n) is 5.25. The Labute approximate surface area is 136 Å². The van der Waals surface area contributed by atoms with Crippen LogP contribution in [0.25, 0.3) is 0 Å². The molecule has 1 aliphatic rings. The van der Waals surface area contributed by atoms with Crippen LogP contribution in [0.15, 0.2) is 24.4 Å². The van der Waals surface area contributed by atoms with E-state index in [1.54, 1.807) is 4.90 Å². The number of halogens is 3. The van der Waals surface area contributed by atoms with Gasteiger partial charge in [0.05, 0.1) is 25.5 Å². The molecule has 0 aliphatic carbocycles. The number of aliphatic hydroxyl groups excluding tert-OH is 1. The van der Waals surface area contributed by atoms with E-state index >= 15 is 0 Å². The zero-order valence-corrected chi connectivity index (χ0v) is 13.0. The van der Waals surface area contributed by atoms with Crippen LogP contribution in [0.2, 0.25) is 5.02 Å². The van der Waals surface area contributed by atoms with Crippen molar-refractivity contribution >= 4 is 17.4 Å². The van der Waals surface area contributed by atoms with E-state index in [1.165, 1.54) is 13.3 Å². The van der Waals surface area contributed by atoms with Crippen LogP contribution in [-0.4, -0.2) is 34.8 Å². The number of benzene rings is 1. The molecule has 2 aromatic rings. The minimum absolute atomic E-state index is 0.101. The molecule has 1 fully saturated rings. The third-order valence-electron chi connectivity index (χ3n) is 3.75. The molecule has 1 N–H and O–H groups in total. The van der Waals surface area contributed by atoms with Gasteiger partial charge in [-0.05, 0) is 24.6 Å². The summed E-state index contributed by atoms with van der Waals surface area (Å²) in [7, 11) is 1.41. The van der Waals surface area contributed by atoms with Gasteiger partial charge in [0.2, 0.25) is 0 Å². The average Bonchev–Trinajstić information content (AvgIpc) is 2.91. The summed E-state index contributed by atoms with van der Waals surface area (Å²) in [5.74, 6) is -0.787. The number of methoxy groups -OCH3 is 1. The van der Waals surface area contributed by atoms with Gasteiger partial charge >= 0.3 is 6.01 Å². The third kappa shape index (κ3) is 3.07. The molecular weight excluding hydrogens is 328 g/mol. The fourth-order valence-electron chi connectivity index (χ4n) is 2.75. The van der Waals surface area contributed by atoms with Crippen LogP contribution in [0.5, 0.6) is 6.01 Å². The number of ether oxygens (including phenoxy) is 1. The van der Waals surface area contributed by atoms with E-state index in [1.807, 2.05) is 0 Å². The molecule has 0 spiro atoms. The molecular formula is C15H14ClF2N3O2. The lowest BCUT2D eigenvalue weighted by Crippen LogP contribution is -2.26. The molecule has 1 saturated heterocycles. The Morgan fingerprint density at radius 2 is 2.17 bits per heavy atom. The first-order valence-corrected chi connectivity index (χ1v) is 7.33. The number of aliphatic hydroxyl groups is 1. The summed E-state index contributed by atoms with van der Waals surface area (Å²) in [6, 6.07) is 2.75. The van der Waals surface area contributed by atoms with E-state index in [4.69, 9.17) is 16.3 Å². The molecule has 0 radical (unpaired) electrons. The maximum Gasteiger partial charge on any atom is 0.318 e. The van der Waals surface area contributed by atoms with Gasteiger partial charge in [-0.3, -0.25) is 0 Å². The molecule has 5 nitrogen and oxygen atoms in total. The summed E-state index contributed by atoms with van der Waals surface area (Å²) in [4.78, 5) is 9.69. The summed E-state index contributed by atoms with van der Waals surface area (Å²) in [5.41, 5.74) is 0.148. The van der Waals surface area contributed by atoms with Gasteiger partial charge in [0, 0.05) is 12.1 Å². The van der Waals surface area contributed by atoms with Gasteiger partial charge in [-0.25, -0.2) is 13.8 Å². The molecule has 2 atom stereocenters. The summed E-state index contributed by atoms with van der Waals surface area (Å²) >= 11 is 6.13. The minimum Gasteiger partial charge on any atom is -0.467 e. The highest BCUT2D eigenvalue weighted by atomic mass is 35.5. The van der Waals surface area contributed by atoms with Crippen molar-refractivity contribution in [3.05, 3.63) is 46.6 Å². The van der Waals surface area contributed by atoms with Gasteiger partial charge in [0.1, 0.15) is 16.7 Å². The zero-order valence-electron chi connectivity index (χ0n) is 12.2. The second-order valence-corrected chi connectivity index (χ2v) is 5.66. The lowest BCUT2D eigenvalue weighted by molar-refractivity contribution is 0.194. The van der Waals surface area contributed by atoms with E-state index < -0.39 is 23.8 Å². The Balaban J connectivity index is 2.05. The summed E-state index contributed by atoms with van der Waals surface area (Å²) < 4.78 is 32.6. The molecule has 3 rings (SSSR count). The largest absolute Gasteiger partial charge is 0.467 e. The van der Waals surface area contributed by atoms with Crippen LogP contribution in [0, 0.1) is 11.6 Å². The van der Waals surface area contributed by atoms with E-state index in [9.17, 15) is 13.9 Å². The van der Waals surface area contributed by atoms with Crippen molar-refractivity contribution < 1.29 is 18.6 Å². The number of β-amino-alcohol motifs (C(OH)–C–C–N with tert-alkyl or cyclic N) is 1. The van der Waals surface area contributed by atoms with Gasteiger partial charge in [-0.15, -0.1) is 0 Å². The molecule has 1 aromatic carbocycles. The maximum absolute atomic E-state index is 14.1. The van der Waals surface area contributed by atoms with Crippen molar-refractivity contribution in [3.8, 4) is 6.01 Å². The molecule has 2 heterocycles. The first-order chi connectivity index (χ1) is 11.0. The lowest BCUT2D eigenvalue weighted by atomic mass is 10.0. The van der Waals surface area contributed by atoms with E-state index in [0.29, 0.717) is 5.82 Å². The number of aromatic nitrogens is 2. The molecule has 1 aromatic heterocycles. The Hall–Kier alpha value is -1.99. The topological polar surface area (TPSA) is 58.5 Å². The first-order valence-electron chi connectivity index (χ1n) is 6.95. The third-order valence-corrected chi connectivity index (χ3v) is 4.02. The summed E-state index contributed by atoms with van der Waals surface area (Å²) in [5, 5.41) is 10.2. The van der Waals surface area contributed by atoms with Crippen molar-refractivity contribution in [2.24, 2.45) is 0 Å². The van der Waals surface area contributed by atoms with E-state index in [-0.39, 0.29) is 29.6 Å². The number of rotatable bonds is 3. The fraction of sp³-hybridized carbons (Fsp3) is 0.333. The highest BCUT2D eigenvalue weighted by Crippen LogP contribution is 2.39. The zero-order chi connectivity index (χ0) is 16.6. The average molecular weight is 342 g/mol. The molecule has 1 aliphatic heterocycles. The van der Waals surface area contributed by atoms with Crippen molar-refractivity contribution in [2.75, 3.05) is 18.6 Å². The maximum atomic E-state index is 14.1. The highest BCUT2D eigenvalue weighted by Gasteiger charge is 2.36. The normalized spacial score (nSPS) is 20.8. The van der Waals surface area contributed by atoms with E-state index in [2.05, 4.69) is 9.97 Å². The Kier molecular flexibility index (Phi) is 4.32. The van der Waals surface area contributed by atoms with Crippen LogP contribution in [0.1, 0.15) is 18.0 Å². The number of anilines is 1. The van der Waals surface area contributed by atoms with Crippen LogP contribution < -0.4 is 9.64 Å². The molecule has 8 heteroatoms. The quantitative estimate of drug-likeness (QED) is 0.930. The summed E-state index contributed by atoms with van der Waals surface area (Å²) in [6.07, 6.45) is 0.898. The molecule has 0 saturated carbocycles. The molecule has 0 bridgehead atoms. The molecule has 23 heavy (non-hydrogen) atoms. The first kappa shape index (κ1) is 15.9. The standard InChI is InChI=1S/C15H14ClF2N3O2/c1-23-15-19-6-11(16)14(20-15)21-7-9(22)5-13(21)10-4-8(17)2-3-12(10)18/h2-4,6,9,13,22H,5,7H2,1H3/t9-,13-/m0/s1. The minimum atomic E-state index is -0.709. The fourth-order valence-corrected chi connectivity index (χ4v) is 2.95. The van der Waals surface area contributed by atoms with Crippen LogP contribution in [0.4, 0.5) is 14.6 Å². The monoisotopic (exact) mass is 341 g/mol. The van der Waals surface area contributed by atoms with Crippen molar-refractivity contribution in [1.82, 2.24) is 9.97 Å². The van der Waals surface area contributed by atoms with Gasteiger partial charge in [-0.2, -0.15) is 4.98 Å². The molecule has 0 unspecified atom stereocenters. The SMILES string of the molecule is COc1ncc(Cl)c(N2C[C@@H](O)C[C@H]2c2cc(F)ccc2F)n1. The second kappa shape index (κ2) is 6.25. The number of hydrogen-bond acceptors (Lipinski definition) is 5. The predicted molar refractivity (Wildman–Crippen MR) is 80.7 cm³/mol. The van der Waals surface area contributed by atoms with Crippen molar-refractivity contribution in [2.45, 2.75) is 18.6 Å². The van der Waals surface area contributed by atoms with Gasteiger partial charge in [0.25, 0.3) is 0 Å². The predicted octanol–water partition coefficient (Wildman–Crippen LogP) is 2.73. The van der Waals surface area contributed by atoms with Gasteiger partial charge < -0.3 is 14.7 Å². The van der Waals surface area contributed by atoms with Crippen LogP contribution in [0.3, 0.4) is 0 Å². The molecule has 122 valence electrons. The summed E-state index contributed by atoms with van der Waals surface area (Å²) in [6.45, 7) is 0.195. The Morgan fingerprint density at radius 1 is 1.39 bits per heavy atom. The van der Waals surface area contributed by atoms with Crippen LogP contribution in [-0.2, 0) is 0 Å². The van der Waals surface area contributed by atoms with Gasteiger partial charge in [-0.1, -0.05) is 11.6 Å². The van der Waals surface area contributed by atoms with Crippen LogP contribution >= 0.6 is 11.6 Å². The number of nitrogens with zero attached hydrogens (tertiary/aromatic N) is 3. The molecule has 0 amide bonds. The number of hydrogen-bond donors (Lipinski definition) is 1. The highest BCUT2D eigenvalue weighted by molar-refractivity contribution is 6.32.